The van der Waals surface area contributed by atoms with Crippen LogP contribution in [0, 0.1) is 0 Å². The van der Waals surface area contributed by atoms with Gasteiger partial charge in [0.25, 0.3) is 5.91 Å². The number of para-hydroxylation sites is 2. The normalized spacial score (nSPS) is 15.7. The monoisotopic (exact) mass is 364 g/mol. The van der Waals surface area contributed by atoms with Gasteiger partial charge in [-0.2, -0.15) is 0 Å². The standard InChI is InChI=1S/C20H20N4O3/c1-21-20(25)17-12-24(15-9-5-6-10-16(15)26-17)13-19-23-22-18(27-19)11-14-7-3-2-4-8-14/h2-10,17H,11-13H2,1H3,(H,21,25)/t17-/m1/s1. The predicted octanol–water partition coefficient (Wildman–Crippen LogP) is 2.17. The number of aromatic nitrogens is 2. The Hall–Kier alpha value is -3.35. The highest BCUT2D eigenvalue weighted by Gasteiger charge is 2.30. The molecule has 1 aromatic heterocycles. The molecule has 0 aliphatic carbocycles. The van der Waals surface area contributed by atoms with E-state index in [2.05, 4.69) is 15.5 Å². The maximum Gasteiger partial charge on any atom is 0.262 e. The summed E-state index contributed by atoms with van der Waals surface area (Å²) in [5.74, 6) is 1.58. The maximum absolute atomic E-state index is 12.1. The smallest absolute Gasteiger partial charge is 0.262 e. The molecule has 1 aliphatic heterocycles. The van der Waals surface area contributed by atoms with Crippen LogP contribution in [0.15, 0.2) is 59.0 Å². The summed E-state index contributed by atoms with van der Waals surface area (Å²) in [4.78, 5) is 14.1. The lowest BCUT2D eigenvalue weighted by Crippen LogP contribution is -2.48. The Morgan fingerprint density at radius 1 is 1.11 bits per heavy atom. The molecule has 0 fully saturated rings. The van der Waals surface area contributed by atoms with Gasteiger partial charge in [0.05, 0.1) is 25.2 Å². The van der Waals surface area contributed by atoms with Crippen LogP contribution in [-0.4, -0.2) is 35.8 Å². The first-order chi connectivity index (χ1) is 13.2. The highest BCUT2D eigenvalue weighted by atomic mass is 16.5. The van der Waals surface area contributed by atoms with E-state index in [0.29, 0.717) is 37.0 Å². The average molecular weight is 364 g/mol. The minimum atomic E-state index is -0.586. The van der Waals surface area contributed by atoms with Crippen LogP contribution in [0.25, 0.3) is 0 Å². The van der Waals surface area contributed by atoms with Crippen molar-refractivity contribution in [1.29, 1.82) is 0 Å². The third-order valence-corrected chi connectivity index (χ3v) is 4.43. The van der Waals surface area contributed by atoms with Gasteiger partial charge in [0.2, 0.25) is 11.8 Å². The number of anilines is 1. The molecule has 0 saturated heterocycles. The number of nitrogens with zero attached hydrogens (tertiary/aromatic N) is 3. The lowest BCUT2D eigenvalue weighted by Gasteiger charge is -2.34. The van der Waals surface area contributed by atoms with Crippen LogP contribution >= 0.6 is 0 Å². The van der Waals surface area contributed by atoms with Crippen molar-refractivity contribution in [1.82, 2.24) is 15.5 Å². The summed E-state index contributed by atoms with van der Waals surface area (Å²) in [6, 6.07) is 17.6. The molecule has 0 saturated carbocycles. The van der Waals surface area contributed by atoms with Gasteiger partial charge in [0, 0.05) is 7.05 Å². The van der Waals surface area contributed by atoms with Crippen molar-refractivity contribution in [2.24, 2.45) is 0 Å². The van der Waals surface area contributed by atoms with Crippen LogP contribution < -0.4 is 15.0 Å². The Morgan fingerprint density at radius 3 is 2.67 bits per heavy atom. The van der Waals surface area contributed by atoms with E-state index in [0.717, 1.165) is 11.3 Å². The van der Waals surface area contributed by atoms with Crippen LogP contribution in [0.3, 0.4) is 0 Å². The fourth-order valence-corrected chi connectivity index (χ4v) is 3.11. The molecule has 1 atom stereocenters. The van der Waals surface area contributed by atoms with Crippen LogP contribution in [-0.2, 0) is 17.8 Å². The van der Waals surface area contributed by atoms with E-state index in [9.17, 15) is 4.79 Å². The number of hydrogen-bond donors (Lipinski definition) is 1. The third-order valence-electron chi connectivity index (χ3n) is 4.43. The van der Waals surface area contributed by atoms with Crippen molar-refractivity contribution in [2.45, 2.75) is 19.1 Å². The fourth-order valence-electron chi connectivity index (χ4n) is 3.11. The van der Waals surface area contributed by atoms with Gasteiger partial charge in [0.15, 0.2) is 6.10 Å². The molecule has 7 nitrogen and oxygen atoms in total. The summed E-state index contributed by atoms with van der Waals surface area (Å²) in [7, 11) is 1.60. The fraction of sp³-hybridized carbons (Fsp3) is 0.250. The molecular formula is C20H20N4O3. The molecule has 0 unspecified atom stereocenters. The average Bonchev–Trinajstić information content (AvgIpc) is 3.14. The molecule has 1 amide bonds. The largest absolute Gasteiger partial charge is 0.477 e. The first kappa shape index (κ1) is 17.1. The van der Waals surface area contributed by atoms with E-state index in [1.807, 2.05) is 59.5 Å². The van der Waals surface area contributed by atoms with Crippen LogP contribution in [0.4, 0.5) is 5.69 Å². The number of likely N-dealkylation sites (N-methyl/N-ethyl adjacent to an activating group) is 1. The van der Waals surface area contributed by atoms with Gasteiger partial charge in [-0.3, -0.25) is 4.79 Å². The highest BCUT2D eigenvalue weighted by Crippen LogP contribution is 2.34. The number of fused-ring (bicyclic) bond motifs is 1. The van der Waals surface area contributed by atoms with Crippen LogP contribution in [0.1, 0.15) is 17.3 Å². The number of carbonyl (C=O) groups is 1. The first-order valence-electron chi connectivity index (χ1n) is 8.80. The molecular weight excluding hydrogens is 344 g/mol. The lowest BCUT2D eigenvalue weighted by atomic mass is 10.1. The number of amides is 1. The Kier molecular flexibility index (Phi) is 4.74. The van der Waals surface area contributed by atoms with E-state index >= 15 is 0 Å². The third kappa shape index (κ3) is 3.76. The Labute approximate surface area is 157 Å². The van der Waals surface area contributed by atoms with Gasteiger partial charge in [0.1, 0.15) is 5.75 Å². The first-order valence-corrected chi connectivity index (χ1v) is 8.80. The Balaban J connectivity index is 1.52. The molecule has 2 heterocycles. The summed E-state index contributed by atoms with van der Waals surface area (Å²) in [5, 5.41) is 11.0. The number of nitrogens with one attached hydrogen (secondary N) is 1. The Bertz CT molecular complexity index is 926. The van der Waals surface area contributed by atoms with Crippen molar-refractivity contribution in [3.8, 4) is 5.75 Å². The molecule has 1 N–H and O–H groups in total. The van der Waals surface area contributed by atoms with Crippen LogP contribution in [0.5, 0.6) is 5.75 Å². The second-order valence-corrected chi connectivity index (χ2v) is 6.32. The zero-order valence-corrected chi connectivity index (χ0v) is 15.0. The van der Waals surface area contributed by atoms with Crippen molar-refractivity contribution >= 4 is 11.6 Å². The van der Waals surface area contributed by atoms with Crippen molar-refractivity contribution < 1.29 is 13.9 Å². The molecule has 3 aromatic rings. The van der Waals surface area contributed by atoms with Crippen LogP contribution in [0.2, 0.25) is 0 Å². The van der Waals surface area contributed by atoms with Crippen molar-refractivity contribution in [2.75, 3.05) is 18.5 Å². The second-order valence-electron chi connectivity index (χ2n) is 6.32. The summed E-state index contributed by atoms with van der Waals surface area (Å²) in [6.45, 7) is 0.822. The lowest BCUT2D eigenvalue weighted by molar-refractivity contribution is -0.127. The predicted molar refractivity (Wildman–Crippen MR) is 99.5 cm³/mol. The molecule has 138 valence electrons. The van der Waals surface area contributed by atoms with E-state index in [-0.39, 0.29) is 5.91 Å². The summed E-state index contributed by atoms with van der Waals surface area (Å²) >= 11 is 0. The summed E-state index contributed by atoms with van der Waals surface area (Å²) in [5.41, 5.74) is 2.02. The second kappa shape index (κ2) is 7.49. The van der Waals surface area contributed by atoms with Gasteiger partial charge < -0.3 is 19.4 Å². The van der Waals surface area contributed by atoms with Gasteiger partial charge in [-0.05, 0) is 17.7 Å². The van der Waals surface area contributed by atoms with Crippen molar-refractivity contribution in [3.63, 3.8) is 0 Å². The number of benzene rings is 2. The molecule has 2 aromatic carbocycles. The Morgan fingerprint density at radius 2 is 1.85 bits per heavy atom. The zero-order valence-electron chi connectivity index (χ0n) is 15.0. The molecule has 7 heteroatoms. The molecule has 0 spiro atoms. The van der Waals surface area contributed by atoms with Gasteiger partial charge >= 0.3 is 0 Å². The van der Waals surface area contributed by atoms with E-state index in [1.54, 1.807) is 7.05 Å². The molecule has 27 heavy (non-hydrogen) atoms. The molecule has 0 radical (unpaired) electrons. The minimum absolute atomic E-state index is 0.162. The SMILES string of the molecule is CNC(=O)[C@H]1CN(Cc2nnc(Cc3ccccc3)o2)c2ccccc2O1. The van der Waals surface area contributed by atoms with Gasteiger partial charge in [-0.25, -0.2) is 0 Å². The van der Waals surface area contributed by atoms with Crippen molar-refractivity contribution in [3.05, 3.63) is 71.9 Å². The number of carbonyl (C=O) groups excluding carboxylic acids is 1. The highest BCUT2D eigenvalue weighted by molar-refractivity contribution is 5.83. The van der Waals surface area contributed by atoms with E-state index in [4.69, 9.17) is 9.15 Å². The molecule has 4 rings (SSSR count). The summed E-state index contributed by atoms with van der Waals surface area (Å²) in [6.07, 6.45) is 0.00520. The quantitative estimate of drug-likeness (QED) is 0.747. The zero-order chi connectivity index (χ0) is 18.6. The van der Waals surface area contributed by atoms with Gasteiger partial charge in [-0.1, -0.05) is 42.5 Å². The summed E-state index contributed by atoms with van der Waals surface area (Å²) < 4.78 is 11.6. The molecule has 0 bridgehead atoms. The topological polar surface area (TPSA) is 80.5 Å². The van der Waals surface area contributed by atoms with Gasteiger partial charge in [-0.15, -0.1) is 10.2 Å². The van der Waals surface area contributed by atoms with E-state index in [1.165, 1.54) is 0 Å². The number of rotatable bonds is 5. The number of hydrogen-bond acceptors (Lipinski definition) is 6. The number of ether oxygens (including phenoxy) is 1. The maximum atomic E-state index is 12.1. The molecule has 1 aliphatic rings. The van der Waals surface area contributed by atoms with E-state index < -0.39 is 6.10 Å². The minimum Gasteiger partial charge on any atom is -0.477 e.